The highest BCUT2D eigenvalue weighted by molar-refractivity contribution is 7.98. The topological polar surface area (TPSA) is 56.0 Å². The Labute approximate surface area is 86.7 Å². The van der Waals surface area contributed by atoms with Gasteiger partial charge in [0.05, 0.1) is 10.5 Å². The maximum atomic E-state index is 12.4. The number of nitrogens with zero attached hydrogens (tertiary/aromatic N) is 2. The lowest BCUT2D eigenvalue weighted by Crippen LogP contribution is -2.08. The van der Waals surface area contributed by atoms with Gasteiger partial charge in [-0.3, -0.25) is 10.1 Å². The first-order chi connectivity index (χ1) is 6.86. The Morgan fingerprint density at radius 2 is 2.13 bits per heavy atom. The highest BCUT2D eigenvalue weighted by Crippen LogP contribution is 2.36. The summed E-state index contributed by atoms with van der Waals surface area (Å²) in [4.78, 5) is 12.7. The van der Waals surface area contributed by atoms with Crippen LogP contribution in [0.1, 0.15) is 5.56 Å². The third kappa shape index (κ3) is 2.58. The van der Waals surface area contributed by atoms with Crippen LogP contribution in [-0.4, -0.2) is 16.2 Å². The van der Waals surface area contributed by atoms with E-state index in [-0.39, 0.29) is 5.03 Å². The first kappa shape index (κ1) is 11.8. The van der Waals surface area contributed by atoms with Crippen molar-refractivity contribution in [1.29, 1.82) is 0 Å². The molecule has 82 valence electrons. The van der Waals surface area contributed by atoms with Gasteiger partial charge in [-0.1, -0.05) is 0 Å². The Hall–Kier alpha value is -1.31. The molecule has 1 aromatic rings. The normalized spacial score (nSPS) is 11.5. The summed E-state index contributed by atoms with van der Waals surface area (Å²) in [5, 5.41) is 10.0. The van der Waals surface area contributed by atoms with Gasteiger partial charge in [0, 0.05) is 6.07 Å². The summed E-state index contributed by atoms with van der Waals surface area (Å²) < 4.78 is 37.2. The molecular formula is C7H5F3N2O2S. The lowest BCUT2D eigenvalue weighted by molar-refractivity contribution is -0.385. The van der Waals surface area contributed by atoms with Crippen LogP contribution in [0.5, 0.6) is 0 Å². The third-order valence-corrected chi connectivity index (χ3v) is 2.26. The van der Waals surface area contributed by atoms with Crippen LogP contribution in [0.3, 0.4) is 0 Å². The molecule has 0 spiro atoms. The average Bonchev–Trinajstić information content (AvgIpc) is 2.15. The quantitative estimate of drug-likeness (QED) is 0.451. The molecule has 8 heteroatoms. The number of pyridine rings is 1. The Bertz CT molecular complexity index is 394. The van der Waals surface area contributed by atoms with Crippen molar-refractivity contribution in [2.24, 2.45) is 0 Å². The maximum absolute atomic E-state index is 12.4. The van der Waals surface area contributed by atoms with E-state index in [9.17, 15) is 23.3 Å². The molecular weight excluding hydrogens is 233 g/mol. The molecule has 0 fully saturated rings. The molecule has 0 unspecified atom stereocenters. The van der Waals surface area contributed by atoms with E-state index in [1.54, 1.807) is 0 Å². The second-order valence-electron chi connectivity index (χ2n) is 2.51. The van der Waals surface area contributed by atoms with E-state index in [2.05, 4.69) is 4.98 Å². The number of hydrogen-bond acceptors (Lipinski definition) is 4. The van der Waals surface area contributed by atoms with E-state index in [1.165, 1.54) is 6.26 Å². The van der Waals surface area contributed by atoms with Gasteiger partial charge in [-0.15, -0.1) is 11.8 Å². The molecule has 1 rings (SSSR count). The van der Waals surface area contributed by atoms with Crippen molar-refractivity contribution in [2.75, 3.05) is 6.26 Å². The third-order valence-electron chi connectivity index (χ3n) is 1.55. The summed E-state index contributed by atoms with van der Waals surface area (Å²) in [6, 6.07) is 0.485. The molecule has 0 aromatic carbocycles. The van der Waals surface area contributed by atoms with E-state index in [0.29, 0.717) is 6.07 Å². The summed E-state index contributed by atoms with van der Waals surface area (Å²) in [6.45, 7) is 0. The first-order valence-electron chi connectivity index (χ1n) is 3.62. The minimum Gasteiger partial charge on any atom is -0.258 e. The molecule has 0 amide bonds. The van der Waals surface area contributed by atoms with Crippen molar-refractivity contribution in [3.8, 4) is 0 Å². The van der Waals surface area contributed by atoms with Crippen LogP contribution in [0.4, 0.5) is 18.9 Å². The summed E-state index contributed by atoms with van der Waals surface area (Å²) in [5.74, 6) is 0. The van der Waals surface area contributed by atoms with Crippen molar-refractivity contribution in [1.82, 2.24) is 4.98 Å². The van der Waals surface area contributed by atoms with Crippen LogP contribution < -0.4 is 0 Å². The molecule has 0 N–H and O–H groups in total. The number of hydrogen-bond donors (Lipinski definition) is 0. The summed E-state index contributed by atoms with van der Waals surface area (Å²) in [6.07, 6.45) is -2.40. The summed E-state index contributed by atoms with van der Waals surface area (Å²) in [7, 11) is 0. The van der Waals surface area contributed by atoms with E-state index in [0.717, 1.165) is 18.0 Å². The predicted molar refractivity (Wildman–Crippen MR) is 47.7 cm³/mol. The van der Waals surface area contributed by atoms with E-state index in [4.69, 9.17) is 0 Å². The zero-order valence-electron chi connectivity index (χ0n) is 7.41. The molecule has 0 aliphatic heterocycles. The Balaban J connectivity index is 3.32. The highest BCUT2D eigenvalue weighted by atomic mass is 32.2. The van der Waals surface area contributed by atoms with Crippen LogP contribution in [0, 0.1) is 10.1 Å². The van der Waals surface area contributed by atoms with Crippen molar-refractivity contribution in [2.45, 2.75) is 11.2 Å². The van der Waals surface area contributed by atoms with Gasteiger partial charge in [-0.2, -0.15) is 13.2 Å². The fourth-order valence-corrected chi connectivity index (χ4v) is 1.46. The van der Waals surface area contributed by atoms with Crippen molar-refractivity contribution >= 4 is 17.4 Å². The molecule has 15 heavy (non-hydrogen) atoms. The fraction of sp³-hybridized carbons (Fsp3) is 0.286. The molecule has 4 nitrogen and oxygen atoms in total. The Morgan fingerprint density at radius 3 is 2.53 bits per heavy atom. The van der Waals surface area contributed by atoms with Gasteiger partial charge in [-0.25, -0.2) is 4.98 Å². The number of halogens is 3. The standard InChI is InChI=1S/C7H5F3N2O2S/c1-15-6-5(7(8,9)10)2-4(3-11-6)12(13)14/h2-3H,1H3. The van der Waals surface area contributed by atoms with Gasteiger partial charge >= 0.3 is 6.18 Å². The van der Waals surface area contributed by atoms with Crippen LogP contribution in [0.15, 0.2) is 17.3 Å². The molecule has 0 saturated heterocycles. The van der Waals surface area contributed by atoms with Gasteiger partial charge in [-0.05, 0) is 6.26 Å². The Kier molecular flexibility index (Phi) is 3.18. The SMILES string of the molecule is CSc1ncc([N+](=O)[O-])cc1C(F)(F)F. The lowest BCUT2D eigenvalue weighted by Gasteiger charge is -2.09. The number of nitro groups is 1. The Morgan fingerprint density at radius 1 is 1.53 bits per heavy atom. The molecule has 0 radical (unpaired) electrons. The second-order valence-corrected chi connectivity index (χ2v) is 3.30. The minimum atomic E-state index is -4.63. The van der Waals surface area contributed by atoms with Crippen LogP contribution in [0.2, 0.25) is 0 Å². The molecule has 0 aliphatic carbocycles. The van der Waals surface area contributed by atoms with Crippen LogP contribution in [0.25, 0.3) is 0 Å². The largest absolute Gasteiger partial charge is 0.419 e. The minimum absolute atomic E-state index is 0.270. The highest BCUT2D eigenvalue weighted by Gasteiger charge is 2.35. The lowest BCUT2D eigenvalue weighted by atomic mass is 10.2. The van der Waals surface area contributed by atoms with Gasteiger partial charge in [0.1, 0.15) is 11.2 Å². The smallest absolute Gasteiger partial charge is 0.258 e. The van der Waals surface area contributed by atoms with Gasteiger partial charge in [0.25, 0.3) is 5.69 Å². The maximum Gasteiger partial charge on any atom is 0.419 e. The fourth-order valence-electron chi connectivity index (χ4n) is 0.907. The van der Waals surface area contributed by atoms with Crippen LogP contribution in [-0.2, 0) is 6.18 Å². The van der Waals surface area contributed by atoms with Crippen LogP contribution >= 0.6 is 11.8 Å². The number of thioether (sulfide) groups is 1. The molecule has 0 bridgehead atoms. The molecule has 0 aliphatic rings. The second kappa shape index (κ2) is 4.05. The molecule has 1 heterocycles. The van der Waals surface area contributed by atoms with Crippen molar-refractivity contribution in [3.05, 3.63) is 27.9 Å². The molecule has 0 saturated carbocycles. The zero-order valence-corrected chi connectivity index (χ0v) is 8.22. The zero-order chi connectivity index (χ0) is 11.6. The molecule has 1 aromatic heterocycles. The van der Waals surface area contributed by atoms with E-state index in [1.807, 2.05) is 0 Å². The predicted octanol–water partition coefficient (Wildman–Crippen LogP) is 2.73. The van der Waals surface area contributed by atoms with Crippen molar-refractivity contribution < 1.29 is 18.1 Å². The number of rotatable bonds is 2. The van der Waals surface area contributed by atoms with Crippen molar-refractivity contribution in [3.63, 3.8) is 0 Å². The first-order valence-corrected chi connectivity index (χ1v) is 4.84. The summed E-state index contributed by atoms with van der Waals surface area (Å²) in [5.41, 5.74) is -1.75. The van der Waals surface area contributed by atoms with E-state index < -0.39 is 22.4 Å². The van der Waals surface area contributed by atoms with E-state index >= 15 is 0 Å². The monoisotopic (exact) mass is 238 g/mol. The van der Waals surface area contributed by atoms with Gasteiger partial charge in [0.15, 0.2) is 0 Å². The average molecular weight is 238 g/mol. The molecule has 0 atom stereocenters. The number of alkyl halides is 3. The summed E-state index contributed by atoms with van der Waals surface area (Å²) >= 11 is 0.789. The van der Waals surface area contributed by atoms with Gasteiger partial charge in [0.2, 0.25) is 0 Å². The number of aromatic nitrogens is 1. The van der Waals surface area contributed by atoms with Gasteiger partial charge < -0.3 is 0 Å².